The van der Waals surface area contributed by atoms with Gasteiger partial charge < -0.3 is 14.2 Å². The Hall–Kier alpha value is -2.23. The third-order valence-electron chi connectivity index (χ3n) is 2.91. The minimum Gasteiger partial charge on any atom is -0.465 e. The van der Waals surface area contributed by atoms with Gasteiger partial charge in [-0.3, -0.25) is 9.59 Å². The highest BCUT2D eigenvalue weighted by Crippen LogP contribution is 2.31. The Morgan fingerprint density at radius 2 is 1.38 bits per heavy atom. The average molecular weight is 356 g/mol. The van der Waals surface area contributed by atoms with Gasteiger partial charge in [-0.2, -0.15) is 8.78 Å². The molecule has 10 heteroatoms. The fourth-order valence-electron chi connectivity index (χ4n) is 1.63. The Morgan fingerprint density at radius 3 is 1.79 bits per heavy atom. The number of ether oxygens (including phenoxy) is 3. The van der Waals surface area contributed by atoms with Crippen molar-refractivity contribution in [3.05, 3.63) is 29.1 Å². The summed E-state index contributed by atoms with van der Waals surface area (Å²) in [5.74, 6) is -15.4. The molecule has 0 aliphatic carbocycles. The summed E-state index contributed by atoms with van der Waals surface area (Å²) in [6.45, 7) is 1.20. The zero-order valence-corrected chi connectivity index (χ0v) is 12.8. The van der Waals surface area contributed by atoms with Gasteiger partial charge in [0.2, 0.25) is 34.8 Å². The molecule has 0 aliphatic rings. The van der Waals surface area contributed by atoms with Crippen molar-refractivity contribution in [2.75, 3.05) is 20.3 Å². The lowest BCUT2D eigenvalue weighted by Crippen LogP contribution is -2.41. The lowest BCUT2D eigenvalue weighted by Gasteiger charge is -2.25. The van der Waals surface area contributed by atoms with E-state index in [1.807, 2.05) is 0 Å². The number of methoxy groups -OCH3 is 1. The van der Waals surface area contributed by atoms with Gasteiger partial charge in [0.1, 0.15) is 12.0 Å². The van der Waals surface area contributed by atoms with Gasteiger partial charge in [-0.15, -0.1) is 0 Å². The summed E-state index contributed by atoms with van der Waals surface area (Å²) >= 11 is 0. The van der Waals surface area contributed by atoms with Crippen LogP contribution in [0.5, 0.6) is 5.75 Å². The summed E-state index contributed by atoms with van der Waals surface area (Å²) in [6.07, 6.45) is 0. The Balaban J connectivity index is 3.18. The predicted molar refractivity (Wildman–Crippen MR) is 68.5 cm³/mol. The van der Waals surface area contributed by atoms with Crippen molar-refractivity contribution in [3.63, 3.8) is 0 Å². The maximum atomic E-state index is 13.5. The molecule has 0 fully saturated rings. The molecule has 0 spiro atoms. The number of hydrogen-bond acceptors (Lipinski definition) is 5. The molecule has 0 radical (unpaired) electrons. The Labute approximate surface area is 133 Å². The van der Waals surface area contributed by atoms with Crippen LogP contribution in [0.15, 0.2) is 0 Å². The molecule has 1 aromatic carbocycles. The van der Waals surface area contributed by atoms with Crippen LogP contribution in [0.3, 0.4) is 0 Å². The third kappa shape index (κ3) is 3.99. The quantitative estimate of drug-likeness (QED) is 0.258. The normalized spacial score (nSPS) is 13.3. The maximum absolute atomic E-state index is 13.5. The smallest absolute Gasteiger partial charge is 0.323 e. The third-order valence-corrected chi connectivity index (χ3v) is 2.91. The number of esters is 2. The molecular formula is C14H13F5O5. The lowest BCUT2D eigenvalue weighted by atomic mass is 9.93. The fraction of sp³-hybridized carbons (Fsp3) is 0.429. The minimum atomic E-state index is -2.38. The van der Waals surface area contributed by atoms with Crippen molar-refractivity contribution < 1.29 is 45.8 Å². The molecule has 0 bridgehead atoms. The zero-order chi connectivity index (χ0) is 18.7. The van der Waals surface area contributed by atoms with Crippen molar-refractivity contribution in [1.82, 2.24) is 0 Å². The lowest BCUT2D eigenvalue weighted by molar-refractivity contribution is -0.158. The van der Waals surface area contributed by atoms with Crippen molar-refractivity contribution in [2.45, 2.75) is 13.8 Å². The largest absolute Gasteiger partial charge is 0.465 e. The molecule has 1 aromatic rings. The van der Waals surface area contributed by atoms with Gasteiger partial charge in [0.25, 0.3) is 0 Å². The van der Waals surface area contributed by atoms with E-state index in [2.05, 4.69) is 9.47 Å². The molecule has 0 saturated heterocycles. The minimum absolute atomic E-state index is 0.408. The molecule has 0 saturated carbocycles. The van der Waals surface area contributed by atoms with E-state index in [0.717, 1.165) is 13.8 Å². The first-order valence-electron chi connectivity index (χ1n) is 6.41. The summed E-state index contributed by atoms with van der Waals surface area (Å²) in [5.41, 5.74) is -1.74. The molecule has 1 unspecified atom stereocenters. The highest BCUT2D eigenvalue weighted by atomic mass is 19.2. The van der Waals surface area contributed by atoms with Gasteiger partial charge in [0.15, 0.2) is 0 Å². The van der Waals surface area contributed by atoms with Gasteiger partial charge in [-0.25, -0.2) is 13.2 Å². The van der Waals surface area contributed by atoms with E-state index in [9.17, 15) is 31.5 Å². The number of carbonyl (C=O) groups excluding carboxylic acids is 2. The van der Waals surface area contributed by atoms with Crippen molar-refractivity contribution >= 4 is 11.9 Å². The topological polar surface area (TPSA) is 61.8 Å². The molecule has 1 rings (SSSR count). The highest BCUT2D eigenvalue weighted by molar-refractivity contribution is 5.79. The number of halogens is 5. The van der Waals surface area contributed by atoms with Crippen molar-refractivity contribution in [2.24, 2.45) is 5.41 Å². The fourth-order valence-corrected chi connectivity index (χ4v) is 1.63. The number of carbonyl (C=O) groups is 2. The first kappa shape index (κ1) is 19.8. The number of hydrogen-bond donors (Lipinski definition) is 0. The predicted octanol–water partition coefficient (Wildman–Crippen LogP) is 2.50. The number of rotatable bonds is 6. The van der Waals surface area contributed by atoms with Crippen molar-refractivity contribution in [3.8, 4) is 5.75 Å². The van der Waals surface area contributed by atoms with Crippen LogP contribution < -0.4 is 4.74 Å². The Bertz CT molecular complexity index is 634. The standard InChI is InChI=1S/C14H13F5O5/c1-6(20)23-5-14(2,4-22-3)13(21)24-12-10(18)8(16)7(15)9(17)11(12)19/h4-5H2,1-3H3. The highest BCUT2D eigenvalue weighted by Gasteiger charge is 2.39. The summed E-state index contributed by atoms with van der Waals surface area (Å²) in [7, 11) is 1.18. The first-order valence-corrected chi connectivity index (χ1v) is 6.41. The second-order valence-electron chi connectivity index (χ2n) is 5.06. The molecule has 5 nitrogen and oxygen atoms in total. The summed E-state index contributed by atoms with van der Waals surface area (Å²) < 4.78 is 79.9. The second kappa shape index (κ2) is 7.56. The summed E-state index contributed by atoms with van der Waals surface area (Å²) in [5, 5.41) is 0. The molecule has 134 valence electrons. The van der Waals surface area contributed by atoms with Crippen LogP contribution in [0, 0.1) is 34.5 Å². The summed E-state index contributed by atoms with van der Waals surface area (Å²) in [6, 6.07) is 0. The molecule has 0 aliphatic heterocycles. The molecular weight excluding hydrogens is 343 g/mol. The zero-order valence-electron chi connectivity index (χ0n) is 12.8. The Morgan fingerprint density at radius 1 is 0.917 bits per heavy atom. The molecule has 1 atom stereocenters. The summed E-state index contributed by atoms with van der Waals surface area (Å²) in [4.78, 5) is 22.9. The van der Waals surface area contributed by atoms with Crippen LogP contribution >= 0.6 is 0 Å². The van der Waals surface area contributed by atoms with Gasteiger partial charge in [0, 0.05) is 14.0 Å². The Kier molecular flexibility index (Phi) is 6.24. The van der Waals surface area contributed by atoms with Crippen LogP contribution in [0.4, 0.5) is 22.0 Å². The molecule has 0 heterocycles. The van der Waals surface area contributed by atoms with Gasteiger partial charge in [-0.05, 0) is 6.92 Å². The van der Waals surface area contributed by atoms with E-state index in [4.69, 9.17) is 4.74 Å². The molecule has 0 aromatic heterocycles. The van der Waals surface area contributed by atoms with E-state index in [0.29, 0.717) is 0 Å². The van der Waals surface area contributed by atoms with Gasteiger partial charge in [-0.1, -0.05) is 0 Å². The molecule has 0 N–H and O–H groups in total. The van der Waals surface area contributed by atoms with E-state index in [-0.39, 0.29) is 0 Å². The van der Waals surface area contributed by atoms with E-state index >= 15 is 0 Å². The van der Waals surface area contributed by atoms with Crippen LogP contribution in [0.1, 0.15) is 13.8 Å². The number of benzene rings is 1. The van der Waals surface area contributed by atoms with Crippen LogP contribution in [0.25, 0.3) is 0 Å². The average Bonchev–Trinajstić information content (AvgIpc) is 2.53. The SMILES string of the molecule is COCC(C)(COC(C)=O)C(=O)Oc1c(F)c(F)c(F)c(F)c1F. The first-order chi connectivity index (χ1) is 11.0. The van der Waals surface area contributed by atoms with E-state index in [1.54, 1.807) is 0 Å². The van der Waals surface area contributed by atoms with E-state index < -0.39 is 65.4 Å². The molecule has 24 heavy (non-hydrogen) atoms. The van der Waals surface area contributed by atoms with Crippen molar-refractivity contribution in [1.29, 1.82) is 0 Å². The van der Waals surface area contributed by atoms with Gasteiger partial charge >= 0.3 is 11.9 Å². The maximum Gasteiger partial charge on any atom is 0.323 e. The van der Waals surface area contributed by atoms with E-state index in [1.165, 1.54) is 7.11 Å². The monoisotopic (exact) mass is 356 g/mol. The van der Waals surface area contributed by atoms with Gasteiger partial charge in [0.05, 0.1) is 6.61 Å². The van der Waals surface area contributed by atoms with Crippen LogP contribution in [0.2, 0.25) is 0 Å². The van der Waals surface area contributed by atoms with Crippen LogP contribution in [-0.4, -0.2) is 32.3 Å². The molecule has 0 amide bonds. The van der Waals surface area contributed by atoms with Crippen LogP contribution in [-0.2, 0) is 19.1 Å². The second-order valence-corrected chi connectivity index (χ2v) is 5.06.